The summed E-state index contributed by atoms with van der Waals surface area (Å²) in [5.41, 5.74) is 1.03. The SMILES string of the molecule is COc1ccc(CCN(C)C(=O)CNC(=O)COc2ccccc2)cc1OC. The van der Waals surface area contributed by atoms with Crippen molar-refractivity contribution in [1.82, 2.24) is 10.2 Å². The molecule has 0 heterocycles. The minimum Gasteiger partial charge on any atom is -0.493 e. The Labute approximate surface area is 165 Å². The quantitative estimate of drug-likeness (QED) is 0.675. The summed E-state index contributed by atoms with van der Waals surface area (Å²) in [6, 6.07) is 14.7. The second-order valence-corrected chi connectivity index (χ2v) is 6.13. The minimum absolute atomic E-state index is 0.0700. The lowest BCUT2D eigenvalue weighted by Crippen LogP contribution is -2.40. The Morgan fingerprint density at radius 3 is 2.39 bits per heavy atom. The van der Waals surface area contributed by atoms with Crippen LogP contribution >= 0.6 is 0 Å². The molecule has 2 aromatic carbocycles. The number of ether oxygens (including phenoxy) is 3. The van der Waals surface area contributed by atoms with Crippen molar-refractivity contribution in [2.45, 2.75) is 6.42 Å². The Bertz CT molecular complexity index is 780. The average molecular weight is 386 g/mol. The normalized spacial score (nSPS) is 10.1. The van der Waals surface area contributed by atoms with Gasteiger partial charge in [0.25, 0.3) is 5.91 Å². The highest BCUT2D eigenvalue weighted by Gasteiger charge is 2.12. The number of methoxy groups -OCH3 is 2. The fourth-order valence-corrected chi connectivity index (χ4v) is 2.48. The van der Waals surface area contributed by atoms with Crippen molar-refractivity contribution < 1.29 is 23.8 Å². The van der Waals surface area contributed by atoms with Crippen molar-refractivity contribution in [3.63, 3.8) is 0 Å². The van der Waals surface area contributed by atoms with Crippen LogP contribution in [0.25, 0.3) is 0 Å². The van der Waals surface area contributed by atoms with Gasteiger partial charge in [-0.15, -0.1) is 0 Å². The highest BCUT2D eigenvalue weighted by Crippen LogP contribution is 2.27. The fourth-order valence-electron chi connectivity index (χ4n) is 2.48. The maximum atomic E-state index is 12.2. The van der Waals surface area contributed by atoms with E-state index in [9.17, 15) is 9.59 Å². The first kappa shape index (κ1) is 21.1. The van der Waals surface area contributed by atoms with Gasteiger partial charge in [-0.25, -0.2) is 0 Å². The molecule has 0 radical (unpaired) electrons. The van der Waals surface area contributed by atoms with E-state index in [0.717, 1.165) is 5.56 Å². The van der Waals surface area contributed by atoms with E-state index < -0.39 is 0 Å². The van der Waals surface area contributed by atoms with Gasteiger partial charge in [0.1, 0.15) is 5.75 Å². The molecule has 0 aliphatic carbocycles. The molecular weight excluding hydrogens is 360 g/mol. The zero-order chi connectivity index (χ0) is 20.4. The molecule has 0 fully saturated rings. The first-order valence-corrected chi connectivity index (χ1v) is 8.93. The van der Waals surface area contributed by atoms with Crippen LogP contribution in [0, 0.1) is 0 Å². The lowest BCUT2D eigenvalue weighted by molar-refractivity contribution is -0.132. The molecule has 0 unspecified atom stereocenters. The summed E-state index contributed by atoms with van der Waals surface area (Å²) in [6.07, 6.45) is 0.660. The molecule has 28 heavy (non-hydrogen) atoms. The van der Waals surface area contributed by atoms with E-state index in [0.29, 0.717) is 30.2 Å². The third-order valence-electron chi connectivity index (χ3n) is 4.16. The number of nitrogens with one attached hydrogen (secondary N) is 1. The molecule has 0 aliphatic rings. The molecule has 7 nitrogen and oxygen atoms in total. The van der Waals surface area contributed by atoms with Crippen molar-refractivity contribution in [1.29, 1.82) is 0 Å². The number of para-hydroxylation sites is 1. The number of carbonyl (C=O) groups excluding carboxylic acids is 2. The number of carbonyl (C=O) groups is 2. The monoisotopic (exact) mass is 386 g/mol. The smallest absolute Gasteiger partial charge is 0.258 e. The average Bonchev–Trinajstić information content (AvgIpc) is 2.74. The van der Waals surface area contributed by atoms with Crippen LogP contribution in [0.2, 0.25) is 0 Å². The predicted molar refractivity (Wildman–Crippen MR) is 106 cm³/mol. The van der Waals surface area contributed by atoms with Gasteiger partial charge < -0.3 is 24.4 Å². The van der Waals surface area contributed by atoms with Gasteiger partial charge in [-0.05, 0) is 36.2 Å². The van der Waals surface area contributed by atoms with Crippen LogP contribution in [0.1, 0.15) is 5.56 Å². The highest BCUT2D eigenvalue weighted by atomic mass is 16.5. The van der Waals surface area contributed by atoms with Crippen molar-refractivity contribution in [2.75, 3.05) is 41.0 Å². The number of likely N-dealkylation sites (N-methyl/N-ethyl adjacent to an activating group) is 1. The first-order chi connectivity index (χ1) is 13.5. The lowest BCUT2D eigenvalue weighted by atomic mass is 10.1. The number of hydrogen-bond donors (Lipinski definition) is 1. The van der Waals surface area contributed by atoms with Gasteiger partial charge in [0.15, 0.2) is 18.1 Å². The molecule has 0 aromatic heterocycles. The number of rotatable bonds is 10. The van der Waals surface area contributed by atoms with E-state index in [1.165, 1.54) is 0 Å². The maximum absolute atomic E-state index is 12.2. The molecule has 7 heteroatoms. The number of hydrogen-bond acceptors (Lipinski definition) is 5. The molecule has 0 atom stereocenters. The van der Waals surface area contributed by atoms with Gasteiger partial charge in [-0.3, -0.25) is 9.59 Å². The first-order valence-electron chi connectivity index (χ1n) is 8.93. The summed E-state index contributed by atoms with van der Waals surface area (Å²) in [5, 5.41) is 2.57. The summed E-state index contributed by atoms with van der Waals surface area (Å²) >= 11 is 0. The fraction of sp³-hybridized carbons (Fsp3) is 0.333. The second-order valence-electron chi connectivity index (χ2n) is 6.13. The topological polar surface area (TPSA) is 77.1 Å². The van der Waals surface area contributed by atoms with Crippen LogP contribution in [0.4, 0.5) is 0 Å². The van der Waals surface area contributed by atoms with Crippen LogP contribution in [-0.2, 0) is 16.0 Å². The van der Waals surface area contributed by atoms with E-state index >= 15 is 0 Å². The molecule has 1 N–H and O–H groups in total. The molecule has 2 rings (SSSR count). The largest absolute Gasteiger partial charge is 0.493 e. The lowest BCUT2D eigenvalue weighted by Gasteiger charge is -2.18. The molecule has 0 saturated carbocycles. The second kappa shape index (κ2) is 10.8. The van der Waals surface area contributed by atoms with E-state index in [4.69, 9.17) is 14.2 Å². The summed E-state index contributed by atoms with van der Waals surface area (Å²) in [6.45, 7) is 0.316. The van der Waals surface area contributed by atoms with Crippen LogP contribution in [0.3, 0.4) is 0 Å². The van der Waals surface area contributed by atoms with E-state index in [2.05, 4.69) is 5.32 Å². The maximum Gasteiger partial charge on any atom is 0.258 e. The molecule has 0 aliphatic heterocycles. The van der Waals surface area contributed by atoms with Gasteiger partial charge >= 0.3 is 0 Å². The van der Waals surface area contributed by atoms with E-state index in [1.807, 2.05) is 36.4 Å². The number of amides is 2. The van der Waals surface area contributed by atoms with Crippen molar-refractivity contribution in [2.24, 2.45) is 0 Å². The Hall–Kier alpha value is -3.22. The van der Waals surface area contributed by atoms with Gasteiger partial charge in [0, 0.05) is 13.6 Å². The van der Waals surface area contributed by atoms with E-state index in [-0.39, 0.29) is 25.0 Å². The van der Waals surface area contributed by atoms with Crippen LogP contribution in [0.5, 0.6) is 17.2 Å². The molecule has 0 saturated heterocycles. The van der Waals surface area contributed by atoms with Gasteiger partial charge in [-0.2, -0.15) is 0 Å². The molecule has 0 bridgehead atoms. The van der Waals surface area contributed by atoms with Gasteiger partial charge in [-0.1, -0.05) is 24.3 Å². The van der Waals surface area contributed by atoms with Crippen LogP contribution in [-0.4, -0.2) is 57.7 Å². The molecule has 0 spiro atoms. The molecule has 150 valence electrons. The van der Waals surface area contributed by atoms with Crippen molar-refractivity contribution in [3.8, 4) is 17.2 Å². The summed E-state index contributed by atoms with van der Waals surface area (Å²) in [4.78, 5) is 25.6. The molecule has 2 amide bonds. The van der Waals surface area contributed by atoms with Crippen LogP contribution in [0.15, 0.2) is 48.5 Å². The summed E-state index contributed by atoms with van der Waals surface area (Å²) in [5.74, 6) is 1.41. The Kier molecular flexibility index (Phi) is 8.14. The Morgan fingerprint density at radius 2 is 1.71 bits per heavy atom. The standard InChI is InChI=1S/C21H26N2O5/c1-23(12-11-16-9-10-18(26-2)19(13-16)27-3)21(25)14-22-20(24)15-28-17-7-5-4-6-8-17/h4-10,13H,11-12,14-15H2,1-3H3,(H,22,24). The minimum atomic E-state index is -0.342. The summed E-state index contributed by atoms with van der Waals surface area (Å²) < 4.78 is 15.9. The highest BCUT2D eigenvalue weighted by molar-refractivity contribution is 5.85. The Morgan fingerprint density at radius 1 is 1.00 bits per heavy atom. The zero-order valence-electron chi connectivity index (χ0n) is 16.4. The zero-order valence-corrected chi connectivity index (χ0v) is 16.4. The number of nitrogens with zero attached hydrogens (tertiary/aromatic N) is 1. The Balaban J connectivity index is 1.73. The van der Waals surface area contributed by atoms with Gasteiger partial charge in [0.05, 0.1) is 20.8 Å². The van der Waals surface area contributed by atoms with Crippen LogP contribution < -0.4 is 19.5 Å². The third kappa shape index (κ3) is 6.50. The molecule has 2 aromatic rings. The number of benzene rings is 2. The van der Waals surface area contributed by atoms with Crippen molar-refractivity contribution in [3.05, 3.63) is 54.1 Å². The van der Waals surface area contributed by atoms with E-state index in [1.54, 1.807) is 38.3 Å². The van der Waals surface area contributed by atoms with Crippen molar-refractivity contribution >= 4 is 11.8 Å². The third-order valence-corrected chi connectivity index (χ3v) is 4.16. The summed E-state index contributed by atoms with van der Waals surface area (Å²) in [7, 11) is 4.88. The molecular formula is C21H26N2O5. The van der Waals surface area contributed by atoms with Gasteiger partial charge in [0.2, 0.25) is 5.91 Å². The predicted octanol–water partition coefficient (Wildman–Crippen LogP) is 1.90.